The molecule has 0 spiro atoms. The van der Waals surface area contributed by atoms with Gasteiger partial charge >= 0.3 is 76.7 Å². The molecule has 3 aromatic carbocycles. The average Bonchev–Trinajstić information content (AvgIpc) is 3.52. The molecular weight excluding hydrogens is 595 g/mol. The Balaban J connectivity index is 0.000000303. The van der Waals surface area contributed by atoms with E-state index in [-0.39, 0.29) is 24.8 Å². The van der Waals surface area contributed by atoms with E-state index in [1.54, 1.807) is 3.21 Å². The summed E-state index contributed by atoms with van der Waals surface area (Å²) < 4.78 is 1.55. The normalized spacial score (nSPS) is 14.0. The summed E-state index contributed by atoms with van der Waals surface area (Å²) in [5.41, 5.74) is 10.7. The van der Waals surface area contributed by atoms with E-state index in [9.17, 15) is 0 Å². The van der Waals surface area contributed by atoms with Gasteiger partial charge in [0.15, 0.2) is 0 Å². The molecular formula is C36H38Cl2Zr-2. The summed E-state index contributed by atoms with van der Waals surface area (Å²) in [7, 11) is 0. The molecule has 0 radical (unpaired) electrons. The number of benzene rings is 3. The number of allylic oxidation sites excluding steroid dienone is 4. The molecule has 0 heterocycles. The average molecular weight is 633 g/mol. The van der Waals surface area contributed by atoms with Crippen LogP contribution in [0.25, 0.3) is 23.3 Å². The van der Waals surface area contributed by atoms with Gasteiger partial charge in [0.05, 0.1) is 0 Å². The standard InChI is InChI=1S/C17H13.C10H15.C9H10.2ClH.Zr/c1-3-12-5-7-14-11-15-8-6-13(4-2)10-17(15)16(14)9-12;1-8-5-6-9(7-8)10(2,3)4;1-2-6-9-7-4-3-5-8-9;;;/h3-7,9-10H,1-2,11H2;6-8H,1-4H3;3-5,7-8H,2H2,1H3;2*1H;/q2*-1;;;;+2/p-2. The molecule has 3 heteroatoms. The number of fused-ring (bicyclic) bond motifs is 3. The molecule has 0 bridgehead atoms. The predicted molar refractivity (Wildman–Crippen MR) is 159 cm³/mol. The Morgan fingerprint density at radius 2 is 1.62 bits per heavy atom. The molecule has 0 aromatic heterocycles. The fraction of sp³-hybridized carbons (Fsp3) is 0.250. The van der Waals surface area contributed by atoms with Crippen LogP contribution in [0.1, 0.15) is 68.9 Å². The topological polar surface area (TPSA) is 0 Å². The zero-order valence-corrected chi connectivity index (χ0v) is 27.7. The minimum atomic E-state index is 0. The fourth-order valence-electron chi connectivity index (χ4n) is 4.26. The fourth-order valence-corrected chi connectivity index (χ4v) is 4.67. The van der Waals surface area contributed by atoms with E-state index in [0.717, 1.165) is 12.0 Å². The van der Waals surface area contributed by atoms with Crippen LogP contribution in [0.2, 0.25) is 0 Å². The van der Waals surface area contributed by atoms with E-state index >= 15 is 0 Å². The van der Waals surface area contributed by atoms with E-state index < -0.39 is 0 Å². The molecule has 5 rings (SSSR count). The van der Waals surface area contributed by atoms with Crippen molar-refractivity contribution < 1.29 is 49.0 Å². The number of halogens is 2. The molecule has 3 aromatic rings. The monoisotopic (exact) mass is 630 g/mol. The van der Waals surface area contributed by atoms with Crippen molar-refractivity contribution in [3.63, 3.8) is 0 Å². The molecule has 1 unspecified atom stereocenters. The second-order valence-corrected chi connectivity index (χ2v) is 12.0. The summed E-state index contributed by atoms with van der Waals surface area (Å²) in [5.74, 6) is 0.522. The van der Waals surface area contributed by atoms with Gasteiger partial charge in [-0.05, 0) is 12.0 Å². The molecule has 1 atom stereocenters. The van der Waals surface area contributed by atoms with Crippen molar-refractivity contribution in [3.8, 4) is 11.1 Å². The van der Waals surface area contributed by atoms with E-state index in [1.807, 2.05) is 18.2 Å². The molecule has 0 amide bonds. The third-order valence-electron chi connectivity index (χ3n) is 6.59. The maximum absolute atomic E-state index is 3.82. The van der Waals surface area contributed by atoms with Crippen LogP contribution >= 0.6 is 0 Å². The first-order chi connectivity index (χ1) is 17.7. The van der Waals surface area contributed by atoms with Gasteiger partial charge in [-0.1, -0.05) is 81.0 Å². The molecule has 0 N–H and O–H groups in total. The number of hydrogen-bond acceptors (Lipinski definition) is 0. The number of hydrogen-bond donors (Lipinski definition) is 0. The Morgan fingerprint density at radius 1 is 0.974 bits per heavy atom. The van der Waals surface area contributed by atoms with Gasteiger partial charge in [-0.15, -0.1) is 23.8 Å². The van der Waals surface area contributed by atoms with Crippen LogP contribution < -0.4 is 24.8 Å². The molecule has 0 saturated carbocycles. The van der Waals surface area contributed by atoms with Gasteiger partial charge in [0.1, 0.15) is 0 Å². The minimum absolute atomic E-state index is 0. The first kappa shape index (κ1) is 35.0. The summed E-state index contributed by atoms with van der Waals surface area (Å²) in [6.45, 7) is 18.7. The maximum atomic E-state index is 3.82. The second-order valence-electron chi connectivity index (χ2n) is 10.5. The Morgan fingerprint density at radius 3 is 2.13 bits per heavy atom. The van der Waals surface area contributed by atoms with Gasteiger partial charge in [0.2, 0.25) is 0 Å². The molecule has 0 nitrogen and oxygen atoms in total. The molecule has 2 aliphatic carbocycles. The molecule has 0 fully saturated rings. The van der Waals surface area contributed by atoms with Crippen molar-refractivity contribution in [2.24, 2.45) is 11.3 Å². The Labute approximate surface area is 264 Å². The second kappa shape index (κ2) is 16.3. The third kappa shape index (κ3) is 9.82. The van der Waals surface area contributed by atoms with Gasteiger partial charge in [0.25, 0.3) is 0 Å². The van der Waals surface area contributed by atoms with E-state index in [1.165, 1.54) is 69.6 Å². The molecule has 202 valence electrons. The van der Waals surface area contributed by atoms with Crippen LogP contribution in [0.4, 0.5) is 0 Å². The predicted octanol–water partition coefficient (Wildman–Crippen LogP) is 3.48. The summed E-state index contributed by atoms with van der Waals surface area (Å²) >= 11 is 1.54. The smallest absolute Gasteiger partial charge is 1.00 e. The van der Waals surface area contributed by atoms with Crippen LogP contribution in [0.3, 0.4) is 0 Å². The summed E-state index contributed by atoms with van der Waals surface area (Å²) in [5, 5.41) is 0. The first-order valence-electron chi connectivity index (χ1n) is 13.0. The van der Waals surface area contributed by atoms with Crippen LogP contribution in [0.5, 0.6) is 0 Å². The first-order valence-corrected chi connectivity index (χ1v) is 14.3. The Hall–Kier alpha value is -2.05. The summed E-state index contributed by atoms with van der Waals surface area (Å²) in [4.78, 5) is 0. The third-order valence-corrected chi connectivity index (χ3v) is 8.16. The van der Waals surface area contributed by atoms with Gasteiger partial charge in [0, 0.05) is 0 Å². The molecule has 39 heavy (non-hydrogen) atoms. The Bertz CT molecular complexity index is 1270. The van der Waals surface area contributed by atoms with Crippen molar-refractivity contribution in [1.29, 1.82) is 0 Å². The number of rotatable bonds is 4. The zero-order valence-electron chi connectivity index (χ0n) is 23.7. The zero-order chi connectivity index (χ0) is 27.0. The van der Waals surface area contributed by atoms with Gasteiger partial charge < -0.3 is 24.8 Å². The minimum Gasteiger partial charge on any atom is -1.00 e. The van der Waals surface area contributed by atoms with E-state index in [4.69, 9.17) is 0 Å². The van der Waals surface area contributed by atoms with Crippen molar-refractivity contribution >= 4 is 15.4 Å². The molecule has 2 aliphatic rings. The SMILES string of the molecule is C=Cc1c[c-]c2c(c1)-c1cc(C=C)ccc1C2.CC1[C-]=CC(C(C)(C)C)=C1.CC[C](=[Zr+2])c1ccccc1.[Cl-].[Cl-]. The van der Waals surface area contributed by atoms with E-state index in [2.05, 4.69) is 127 Å². The van der Waals surface area contributed by atoms with Crippen LogP contribution in [0, 0.1) is 23.5 Å². The van der Waals surface area contributed by atoms with Crippen molar-refractivity contribution in [2.75, 3.05) is 0 Å². The molecule has 0 saturated heterocycles. The van der Waals surface area contributed by atoms with Crippen molar-refractivity contribution in [2.45, 2.75) is 47.5 Å². The van der Waals surface area contributed by atoms with Crippen LogP contribution in [0.15, 0.2) is 91.5 Å². The van der Waals surface area contributed by atoms with Gasteiger partial charge in [-0.2, -0.15) is 35.4 Å². The maximum Gasteiger partial charge on any atom is -1.00 e. The molecule has 0 aliphatic heterocycles. The quantitative estimate of drug-likeness (QED) is 0.303. The van der Waals surface area contributed by atoms with Gasteiger partial charge in [-0.25, -0.2) is 6.08 Å². The van der Waals surface area contributed by atoms with E-state index in [0.29, 0.717) is 11.3 Å². The largest absolute Gasteiger partial charge is 1.00 e. The Kier molecular flexibility index (Phi) is 14.6. The van der Waals surface area contributed by atoms with Crippen LogP contribution in [-0.2, 0) is 30.7 Å². The van der Waals surface area contributed by atoms with Gasteiger partial charge in [-0.3, -0.25) is 6.08 Å². The van der Waals surface area contributed by atoms with Crippen molar-refractivity contribution in [1.82, 2.24) is 0 Å². The summed E-state index contributed by atoms with van der Waals surface area (Å²) in [6.07, 6.45) is 13.6. The summed E-state index contributed by atoms with van der Waals surface area (Å²) in [6, 6.07) is 24.7. The van der Waals surface area contributed by atoms with Crippen LogP contribution in [-0.4, -0.2) is 3.21 Å². The van der Waals surface area contributed by atoms with Crippen molar-refractivity contribution in [3.05, 3.63) is 132 Å².